The van der Waals surface area contributed by atoms with Gasteiger partial charge in [0.05, 0.1) is 4.32 Å². The predicted octanol–water partition coefficient (Wildman–Crippen LogP) is 5.85. The zero-order valence-electron chi connectivity index (χ0n) is 24.9. The number of piperazine rings is 1. The van der Waals surface area contributed by atoms with E-state index in [1.165, 1.54) is 5.56 Å². The number of rotatable bonds is 6. The van der Waals surface area contributed by atoms with Crippen molar-refractivity contribution in [3.8, 4) is 5.75 Å². The van der Waals surface area contributed by atoms with Gasteiger partial charge in [0.15, 0.2) is 11.9 Å². The fourth-order valence-electron chi connectivity index (χ4n) is 8.20. The fraction of sp³-hybridized carbons (Fsp3) is 0.636. The molecule has 2 aromatic rings. The van der Waals surface area contributed by atoms with Crippen molar-refractivity contribution in [1.82, 2.24) is 9.80 Å². The van der Waals surface area contributed by atoms with Crippen LogP contribution in [-0.2, 0) is 32.3 Å². The average Bonchev–Trinajstić information content (AvgIpc) is 3.20. The van der Waals surface area contributed by atoms with Crippen LogP contribution in [0.3, 0.4) is 0 Å². The van der Waals surface area contributed by atoms with Crippen molar-refractivity contribution in [2.24, 2.45) is 17.8 Å². The third-order valence-electron chi connectivity index (χ3n) is 10.7. The number of ether oxygens (including phenoxy) is 2. The van der Waals surface area contributed by atoms with Crippen molar-refractivity contribution in [1.29, 1.82) is 0 Å². The Morgan fingerprint density at radius 3 is 2.45 bits per heavy atom. The van der Waals surface area contributed by atoms with Gasteiger partial charge < -0.3 is 19.9 Å². The van der Waals surface area contributed by atoms with E-state index in [1.807, 2.05) is 13.0 Å². The van der Waals surface area contributed by atoms with Gasteiger partial charge in [0.25, 0.3) is 0 Å². The topological polar surface area (TPSA) is 75.7 Å². The van der Waals surface area contributed by atoms with Gasteiger partial charge in [-0.25, -0.2) is 9.78 Å². The summed E-state index contributed by atoms with van der Waals surface area (Å²) < 4.78 is 12.9. The summed E-state index contributed by atoms with van der Waals surface area (Å²) in [5.74, 6) is 0.460. The number of phenols is 1. The standard InChI is InChI=1S/C33H44BrN3O5/c1-22-9-12-28-32(3,34)29(39-30-33(28)26(22)13-14-31(2,40-30)41-42-33)35-25-10-11-27(38)24(19-25)21-37-17-15-36(16-18-37)20-23-7-5-4-6-8-23/h4-8,10-11,19,22,26,28-30,35,38H,9,12-18,20-21H2,1-3H3/t22-,26+,28+,29?,30-,31-,32+,33-/m1/s1. The maximum atomic E-state index is 10.8. The molecule has 1 spiro atoms. The second-order valence-corrected chi connectivity index (χ2v) is 15.3. The highest BCUT2D eigenvalue weighted by atomic mass is 79.9. The van der Waals surface area contributed by atoms with Gasteiger partial charge in [-0.2, -0.15) is 0 Å². The summed E-state index contributed by atoms with van der Waals surface area (Å²) in [4.78, 5) is 17.2. The first kappa shape index (κ1) is 29.0. The number of anilines is 1. The van der Waals surface area contributed by atoms with Gasteiger partial charge in [-0.3, -0.25) is 9.80 Å². The van der Waals surface area contributed by atoms with Gasteiger partial charge in [0.2, 0.25) is 5.79 Å². The van der Waals surface area contributed by atoms with Gasteiger partial charge >= 0.3 is 0 Å². The number of nitrogens with zero attached hydrogens (tertiary/aromatic N) is 2. The number of aromatic hydroxyl groups is 1. The second kappa shape index (κ2) is 11.0. The Bertz CT molecular complexity index is 1270. The Morgan fingerprint density at radius 2 is 1.69 bits per heavy atom. The second-order valence-electron chi connectivity index (χ2n) is 13.5. The van der Waals surface area contributed by atoms with Crippen LogP contribution in [0.25, 0.3) is 0 Å². The van der Waals surface area contributed by atoms with Crippen LogP contribution in [0.2, 0.25) is 0 Å². The summed E-state index contributed by atoms with van der Waals surface area (Å²) in [6.45, 7) is 12.1. The molecule has 8 nitrogen and oxygen atoms in total. The molecule has 8 rings (SSSR count). The Kier molecular flexibility index (Phi) is 7.61. The molecule has 42 heavy (non-hydrogen) atoms. The first-order chi connectivity index (χ1) is 20.2. The van der Waals surface area contributed by atoms with E-state index < -0.39 is 22.0 Å². The molecule has 8 atom stereocenters. The third-order valence-corrected chi connectivity index (χ3v) is 11.6. The summed E-state index contributed by atoms with van der Waals surface area (Å²) in [7, 11) is 0. The van der Waals surface area contributed by atoms with Gasteiger partial charge in [-0.15, -0.1) is 0 Å². The molecule has 6 aliphatic rings. The number of nitrogens with one attached hydrogen (secondary N) is 1. The smallest absolute Gasteiger partial charge is 0.201 e. The van der Waals surface area contributed by atoms with Crippen molar-refractivity contribution in [3.05, 3.63) is 59.7 Å². The van der Waals surface area contributed by atoms with Crippen molar-refractivity contribution in [2.75, 3.05) is 31.5 Å². The summed E-state index contributed by atoms with van der Waals surface area (Å²) in [6.07, 6.45) is 3.03. The molecule has 0 aromatic heterocycles. The van der Waals surface area contributed by atoms with E-state index in [0.717, 1.165) is 69.7 Å². The summed E-state index contributed by atoms with van der Waals surface area (Å²) in [6, 6.07) is 16.4. The summed E-state index contributed by atoms with van der Waals surface area (Å²) in [5, 5.41) is 14.5. The van der Waals surface area contributed by atoms with E-state index in [-0.39, 0.29) is 12.1 Å². The Hall–Kier alpha value is -1.72. The van der Waals surface area contributed by atoms with Crippen LogP contribution in [0.1, 0.15) is 57.6 Å². The lowest BCUT2D eigenvalue weighted by Crippen LogP contribution is -2.74. The molecule has 5 saturated heterocycles. The van der Waals surface area contributed by atoms with Crippen LogP contribution < -0.4 is 5.32 Å². The van der Waals surface area contributed by atoms with Crippen LogP contribution in [0.4, 0.5) is 5.69 Å². The Morgan fingerprint density at radius 1 is 0.952 bits per heavy atom. The number of alkyl halides is 1. The van der Waals surface area contributed by atoms with Crippen molar-refractivity contribution < 1.29 is 24.4 Å². The fourth-order valence-corrected chi connectivity index (χ4v) is 9.01. The lowest BCUT2D eigenvalue weighted by Gasteiger charge is -2.62. The minimum absolute atomic E-state index is 0.133. The molecule has 5 heterocycles. The Labute approximate surface area is 257 Å². The highest BCUT2D eigenvalue weighted by molar-refractivity contribution is 9.10. The number of halogens is 1. The van der Waals surface area contributed by atoms with Crippen molar-refractivity contribution >= 4 is 21.6 Å². The number of benzene rings is 2. The largest absolute Gasteiger partial charge is 0.508 e. The zero-order valence-corrected chi connectivity index (χ0v) is 26.5. The van der Waals surface area contributed by atoms with Crippen LogP contribution in [0.15, 0.2) is 48.5 Å². The molecule has 9 heteroatoms. The molecule has 1 aliphatic carbocycles. The number of hydrogen-bond acceptors (Lipinski definition) is 8. The van der Waals surface area contributed by atoms with Crippen LogP contribution in [-0.4, -0.2) is 69.3 Å². The molecule has 0 amide bonds. The molecule has 0 radical (unpaired) electrons. The first-order valence-corrected chi connectivity index (χ1v) is 16.4. The lowest BCUT2D eigenvalue weighted by molar-refractivity contribution is -0.568. The van der Waals surface area contributed by atoms with Crippen LogP contribution in [0.5, 0.6) is 5.75 Å². The van der Waals surface area contributed by atoms with E-state index in [1.54, 1.807) is 6.07 Å². The van der Waals surface area contributed by atoms with Crippen LogP contribution >= 0.6 is 15.9 Å². The molecule has 1 unspecified atom stereocenters. The highest BCUT2D eigenvalue weighted by Crippen LogP contribution is 2.63. The third kappa shape index (κ3) is 5.09. The molecule has 228 valence electrons. The monoisotopic (exact) mass is 641 g/mol. The molecule has 1 saturated carbocycles. The van der Waals surface area contributed by atoms with Crippen molar-refractivity contribution in [2.45, 2.75) is 87.8 Å². The number of hydrogen-bond donors (Lipinski definition) is 2. The van der Waals surface area contributed by atoms with Gasteiger partial charge in [0, 0.05) is 62.9 Å². The van der Waals surface area contributed by atoms with Gasteiger partial charge in [-0.05, 0) is 68.7 Å². The summed E-state index contributed by atoms with van der Waals surface area (Å²) in [5.41, 5.74) is 2.54. The Balaban J connectivity index is 1.05. The van der Waals surface area contributed by atoms with E-state index in [9.17, 15) is 5.11 Å². The minimum atomic E-state index is -0.807. The lowest BCUT2D eigenvalue weighted by atomic mass is 9.58. The van der Waals surface area contributed by atoms with Gasteiger partial charge in [0.1, 0.15) is 12.0 Å². The average molecular weight is 643 g/mol. The maximum absolute atomic E-state index is 10.8. The molecule has 2 bridgehead atoms. The zero-order chi connectivity index (χ0) is 29.1. The molecule has 2 N–H and O–H groups in total. The molecule has 2 aromatic carbocycles. The highest BCUT2D eigenvalue weighted by Gasteiger charge is 2.72. The van der Waals surface area contributed by atoms with E-state index in [0.29, 0.717) is 24.1 Å². The van der Waals surface area contributed by atoms with Crippen LogP contribution in [0, 0.1) is 17.8 Å². The molecule has 6 fully saturated rings. The maximum Gasteiger partial charge on any atom is 0.201 e. The minimum Gasteiger partial charge on any atom is -0.508 e. The number of phenolic OH excluding ortho intramolecular Hbond substituents is 1. The van der Waals surface area contributed by atoms with Gasteiger partial charge in [-0.1, -0.05) is 53.2 Å². The number of fused-ring (bicyclic) bond motifs is 2. The SMILES string of the molecule is C[C@@H]1CC[C@@H]2[C@]34OO[C@](C)(CC[C@@H]13)O[C@H]4OC(Nc1ccc(O)c(CN3CCN(Cc4ccccc4)CC3)c1)[C@@]2(C)Br. The van der Waals surface area contributed by atoms with E-state index in [4.69, 9.17) is 19.2 Å². The predicted molar refractivity (Wildman–Crippen MR) is 164 cm³/mol. The molecular formula is C33H44BrN3O5. The first-order valence-electron chi connectivity index (χ1n) is 15.6. The summed E-state index contributed by atoms with van der Waals surface area (Å²) >= 11 is 4.12. The normalized spacial score (nSPS) is 40.3. The molecule has 5 aliphatic heterocycles. The quantitative estimate of drug-likeness (QED) is 0.231. The molecular weight excluding hydrogens is 598 g/mol. The van der Waals surface area contributed by atoms with E-state index in [2.05, 4.69) is 81.3 Å². The van der Waals surface area contributed by atoms with Crippen molar-refractivity contribution in [3.63, 3.8) is 0 Å². The van der Waals surface area contributed by atoms with E-state index >= 15 is 0 Å².